The lowest BCUT2D eigenvalue weighted by Crippen LogP contribution is -2.25. The molecule has 1 unspecified atom stereocenters. The summed E-state index contributed by atoms with van der Waals surface area (Å²) in [6.45, 7) is 0.733. The molecule has 0 saturated heterocycles. The number of ether oxygens (including phenoxy) is 3. The number of rotatable bonds is 9. The first-order chi connectivity index (χ1) is 19.4. The molecule has 0 aliphatic carbocycles. The Hall–Kier alpha value is -4.56. The zero-order valence-electron chi connectivity index (χ0n) is 21.7. The van der Waals surface area contributed by atoms with Crippen LogP contribution in [0.25, 0.3) is 11.3 Å². The summed E-state index contributed by atoms with van der Waals surface area (Å²) in [7, 11) is 1.63. The van der Waals surface area contributed by atoms with Crippen molar-refractivity contribution in [2.24, 2.45) is 0 Å². The number of carbonyl (C=O) groups is 2. The highest BCUT2D eigenvalue weighted by molar-refractivity contribution is 6.32. The van der Waals surface area contributed by atoms with Crippen molar-refractivity contribution in [2.45, 2.75) is 18.8 Å². The smallest absolute Gasteiger partial charge is 0.311 e. The van der Waals surface area contributed by atoms with E-state index in [0.717, 1.165) is 22.7 Å². The molecule has 9 heteroatoms. The third-order valence-corrected chi connectivity index (χ3v) is 6.90. The third-order valence-electron chi connectivity index (χ3n) is 6.61. The summed E-state index contributed by atoms with van der Waals surface area (Å²) in [4.78, 5) is 28.9. The van der Waals surface area contributed by atoms with Crippen LogP contribution in [0.4, 0.5) is 0 Å². The molecule has 3 aromatic carbocycles. The van der Waals surface area contributed by atoms with Crippen LogP contribution >= 0.6 is 11.6 Å². The molecule has 1 aliphatic rings. The van der Waals surface area contributed by atoms with E-state index >= 15 is 0 Å². The molecule has 0 bridgehead atoms. The first-order valence-corrected chi connectivity index (χ1v) is 13.1. The number of aliphatic carboxylic acids is 1. The van der Waals surface area contributed by atoms with Gasteiger partial charge in [0.05, 0.1) is 30.4 Å². The summed E-state index contributed by atoms with van der Waals surface area (Å²) in [5.41, 5.74) is 3.73. The lowest BCUT2D eigenvalue weighted by atomic mass is 9.93. The van der Waals surface area contributed by atoms with Gasteiger partial charge < -0.3 is 24.6 Å². The lowest BCUT2D eigenvalue weighted by Gasteiger charge is -2.24. The molecule has 0 spiro atoms. The van der Waals surface area contributed by atoms with E-state index in [4.69, 9.17) is 30.8 Å². The fraction of sp³-hybridized carbons (Fsp3) is 0.194. The SMILES string of the molecule is COc1ccc(-c2cccc(CCNC(=O)c3ccc(Oc4cc5c(cc4Cl)C(C(=O)O)CCO5)cc3)n2)cc1. The molecule has 1 aliphatic heterocycles. The Morgan fingerprint density at radius 2 is 1.80 bits per heavy atom. The maximum absolute atomic E-state index is 12.7. The average Bonchev–Trinajstić information content (AvgIpc) is 2.97. The van der Waals surface area contributed by atoms with Gasteiger partial charge in [-0.25, -0.2) is 0 Å². The van der Waals surface area contributed by atoms with E-state index in [1.165, 1.54) is 0 Å². The number of halogens is 1. The van der Waals surface area contributed by atoms with E-state index in [1.54, 1.807) is 43.5 Å². The monoisotopic (exact) mass is 558 g/mol. The molecule has 1 aromatic heterocycles. The standard InChI is InChI=1S/C31H27ClN2O6/c1-38-22-9-5-19(6-10-22)27-4-2-3-21(34-27)13-15-33-30(35)20-7-11-23(12-8-20)40-29-18-28-25(17-26(29)32)24(31(36)37)14-16-39-28/h2-12,17-18,24H,13-16H2,1H3,(H,33,35)(H,36,37). The summed E-state index contributed by atoms with van der Waals surface area (Å²) in [5.74, 6) is 0.255. The second-order valence-corrected chi connectivity index (χ2v) is 9.63. The molecule has 0 fully saturated rings. The second kappa shape index (κ2) is 12.1. The number of hydrogen-bond acceptors (Lipinski definition) is 6. The number of carboxylic acid groups (broad SMARTS) is 1. The van der Waals surface area contributed by atoms with E-state index in [-0.39, 0.29) is 10.9 Å². The molecule has 4 aromatic rings. The minimum Gasteiger partial charge on any atom is -0.497 e. The molecule has 204 valence electrons. The van der Waals surface area contributed by atoms with Gasteiger partial charge in [-0.05, 0) is 73.2 Å². The number of benzene rings is 3. The van der Waals surface area contributed by atoms with Gasteiger partial charge in [0.2, 0.25) is 0 Å². The molecule has 0 saturated carbocycles. The number of aromatic nitrogens is 1. The van der Waals surface area contributed by atoms with Gasteiger partial charge in [0.1, 0.15) is 23.0 Å². The van der Waals surface area contributed by atoms with Crippen LogP contribution in [0, 0.1) is 0 Å². The van der Waals surface area contributed by atoms with Crippen molar-refractivity contribution in [3.63, 3.8) is 0 Å². The Labute approximate surface area is 236 Å². The highest BCUT2D eigenvalue weighted by Gasteiger charge is 2.29. The van der Waals surface area contributed by atoms with Crippen LogP contribution in [0.3, 0.4) is 0 Å². The van der Waals surface area contributed by atoms with Crippen molar-refractivity contribution in [1.29, 1.82) is 0 Å². The van der Waals surface area contributed by atoms with Gasteiger partial charge >= 0.3 is 5.97 Å². The van der Waals surface area contributed by atoms with Crippen molar-refractivity contribution < 1.29 is 28.9 Å². The van der Waals surface area contributed by atoms with E-state index in [9.17, 15) is 14.7 Å². The van der Waals surface area contributed by atoms with Crippen molar-refractivity contribution in [3.8, 4) is 34.3 Å². The fourth-order valence-corrected chi connectivity index (χ4v) is 4.68. The second-order valence-electron chi connectivity index (χ2n) is 9.22. The summed E-state index contributed by atoms with van der Waals surface area (Å²) >= 11 is 6.38. The van der Waals surface area contributed by atoms with E-state index < -0.39 is 11.9 Å². The summed E-state index contributed by atoms with van der Waals surface area (Å²) < 4.78 is 16.7. The Morgan fingerprint density at radius 1 is 1.05 bits per heavy atom. The lowest BCUT2D eigenvalue weighted by molar-refractivity contribution is -0.139. The van der Waals surface area contributed by atoms with Gasteiger partial charge in [0.15, 0.2) is 0 Å². The summed E-state index contributed by atoms with van der Waals surface area (Å²) in [6, 6.07) is 23.4. The topological polar surface area (TPSA) is 107 Å². The number of nitrogens with zero attached hydrogens (tertiary/aromatic N) is 1. The number of amides is 1. The van der Waals surface area contributed by atoms with Gasteiger partial charge in [-0.2, -0.15) is 0 Å². The Morgan fingerprint density at radius 3 is 2.52 bits per heavy atom. The van der Waals surface area contributed by atoms with Crippen molar-refractivity contribution in [1.82, 2.24) is 10.3 Å². The highest BCUT2D eigenvalue weighted by atomic mass is 35.5. The zero-order chi connectivity index (χ0) is 28.1. The molecule has 5 rings (SSSR count). The normalized spacial score (nSPS) is 14.0. The van der Waals surface area contributed by atoms with Gasteiger partial charge in [-0.1, -0.05) is 17.7 Å². The van der Waals surface area contributed by atoms with Crippen LogP contribution < -0.4 is 19.5 Å². The predicted molar refractivity (Wildman–Crippen MR) is 151 cm³/mol. The number of pyridine rings is 1. The number of methoxy groups -OCH3 is 1. The largest absolute Gasteiger partial charge is 0.497 e. The van der Waals surface area contributed by atoms with Crippen LogP contribution in [0.1, 0.15) is 34.0 Å². The van der Waals surface area contributed by atoms with Gasteiger partial charge in [-0.15, -0.1) is 0 Å². The van der Waals surface area contributed by atoms with E-state index in [1.807, 2.05) is 42.5 Å². The zero-order valence-corrected chi connectivity index (χ0v) is 22.5. The number of hydrogen-bond donors (Lipinski definition) is 2. The Bertz CT molecular complexity index is 1520. The van der Waals surface area contributed by atoms with Crippen LogP contribution in [-0.4, -0.2) is 42.2 Å². The number of carbonyl (C=O) groups excluding carboxylic acids is 1. The molecule has 8 nitrogen and oxygen atoms in total. The van der Waals surface area contributed by atoms with Crippen molar-refractivity contribution in [2.75, 3.05) is 20.3 Å². The average molecular weight is 559 g/mol. The Balaban J connectivity index is 1.17. The molecular weight excluding hydrogens is 532 g/mol. The molecule has 2 heterocycles. The fourth-order valence-electron chi connectivity index (χ4n) is 4.47. The van der Waals surface area contributed by atoms with E-state index in [2.05, 4.69) is 5.32 Å². The molecule has 2 N–H and O–H groups in total. The molecule has 0 radical (unpaired) electrons. The summed E-state index contributed by atoms with van der Waals surface area (Å²) in [6.07, 6.45) is 0.966. The van der Waals surface area contributed by atoms with Crippen LogP contribution in [0.15, 0.2) is 78.9 Å². The predicted octanol–water partition coefficient (Wildman–Crippen LogP) is 6.13. The van der Waals surface area contributed by atoms with Gasteiger partial charge in [0.25, 0.3) is 5.91 Å². The molecule has 1 amide bonds. The highest BCUT2D eigenvalue weighted by Crippen LogP contribution is 2.41. The van der Waals surface area contributed by atoms with Crippen LogP contribution in [0.5, 0.6) is 23.0 Å². The van der Waals surface area contributed by atoms with Crippen molar-refractivity contribution >= 4 is 23.5 Å². The van der Waals surface area contributed by atoms with Gasteiger partial charge in [-0.3, -0.25) is 14.6 Å². The maximum Gasteiger partial charge on any atom is 0.311 e. The summed E-state index contributed by atoms with van der Waals surface area (Å²) in [5, 5.41) is 12.7. The Kier molecular flexibility index (Phi) is 8.17. The maximum atomic E-state index is 12.7. The quantitative estimate of drug-likeness (QED) is 0.254. The number of fused-ring (bicyclic) bond motifs is 1. The first kappa shape index (κ1) is 27.0. The molecular formula is C31H27ClN2O6. The van der Waals surface area contributed by atoms with Crippen molar-refractivity contribution in [3.05, 3.63) is 101 Å². The first-order valence-electron chi connectivity index (χ1n) is 12.8. The van der Waals surface area contributed by atoms with Gasteiger partial charge in [0, 0.05) is 41.4 Å². The van der Waals surface area contributed by atoms with E-state index in [0.29, 0.717) is 54.4 Å². The number of carboxylic acids is 1. The minimum absolute atomic E-state index is 0.210. The van der Waals surface area contributed by atoms with Crippen LogP contribution in [0.2, 0.25) is 5.02 Å². The molecule has 40 heavy (non-hydrogen) atoms. The minimum atomic E-state index is -0.915. The van der Waals surface area contributed by atoms with Crippen LogP contribution in [-0.2, 0) is 11.2 Å². The molecule has 1 atom stereocenters. The third kappa shape index (κ3) is 6.18. The number of nitrogens with one attached hydrogen (secondary N) is 1.